The molecule has 10 heavy (non-hydrogen) atoms. The number of anilines is 1. The molecule has 0 saturated carbocycles. The Labute approximate surface area is 71.5 Å². The summed E-state index contributed by atoms with van der Waals surface area (Å²) in [4.78, 5) is 0. The number of nitrogens with zero attached hydrogens (tertiary/aromatic N) is 2. The van der Waals surface area contributed by atoms with Crippen LogP contribution in [0.25, 0.3) is 0 Å². The van der Waals surface area contributed by atoms with E-state index >= 15 is 0 Å². The lowest BCUT2D eigenvalue weighted by Gasteiger charge is -1.91. The number of rotatable bonds is 2. The van der Waals surface area contributed by atoms with Gasteiger partial charge in [-0.3, -0.25) is 4.68 Å². The number of alkyl halides is 1. The van der Waals surface area contributed by atoms with Crippen molar-refractivity contribution >= 4 is 28.4 Å². The molecule has 0 fully saturated rings. The molecule has 1 aromatic rings. The lowest BCUT2D eigenvalue weighted by atomic mass is 10.6. The number of halogens is 2. The highest BCUT2D eigenvalue weighted by molar-refractivity contribution is 14.1. The number of hydrogen-bond acceptors (Lipinski definition) is 2. The molecule has 0 aromatic carbocycles. The standard InChI is InChI=1S/C5H7FIN3/c6-1-2-10-3-4(7)5(8)9-10/h3H,1-2H2,(H2,8,9). The summed E-state index contributed by atoms with van der Waals surface area (Å²) >= 11 is 2.05. The van der Waals surface area contributed by atoms with Crippen LogP contribution in [0.1, 0.15) is 0 Å². The van der Waals surface area contributed by atoms with Crippen LogP contribution in [0.5, 0.6) is 0 Å². The van der Waals surface area contributed by atoms with E-state index in [4.69, 9.17) is 5.73 Å². The monoisotopic (exact) mass is 255 g/mol. The van der Waals surface area contributed by atoms with Gasteiger partial charge in [-0.15, -0.1) is 0 Å². The minimum absolute atomic E-state index is 0.285. The molecule has 0 saturated heterocycles. The molecule has 5 heteroatoms. The smallest absolute Gasteiger partial charge is 0.158 e. The van der Waals surface area contributed by atoms with E-state index in [-0.39, 0.29) is 6.54 Å². The van der Waals surface area contributed by atoms with Crippen LogP contribution >= 0.6 is 22.6 Å². The molecular weight excluding hydrogens is 248 g/mol. The molecular formula is C5H7FIN3. The summed E-state index contributed by atoms with van der Waals surface area (Å²) in [5, 5.41) is 3.85. The van der Waals surface area contributed by atoms with Gasteiger partial charge in [0.25, 0.3) is 0 Å². The van der Waals surface area contributed by atoms with Crippen LogP contribution in [0.2, 0.25) is 0 Å². The van der Waals surface area contributed by atoms with Crippen molar-refractivity contribution in [2.24, 2.45) is 0 Å². The molecule has 3 nitrogen and oxygen atoms in total. The molecule has 0 radical (unpaired) electrons. The number of nitrogen functional groups attached to an aromatic ring is 1. The maximum Gasteiger partial charge on any atom is 0.158 e. The van der Waals surface area contributed by atoms with Gasteiger partial charge in [0.2, 0.25) is 0 Å². The fraction of sp³-hybridized carbons (Fsp3) is 0.400. The van der Waals surface area contributed by atoms with Crippen LogP contribution in [-0.4, -0.2) is 16.5 Å². The minimum Gasteiger partial charge on any atom is -0.381 e. The summed E-state index contributed by atoms with van der Waals surface area (Å²) in [7, 11) is 0. The summed E-state index contributed by atoms with van der Waals surface area (Å²) in [6, 6.07) is 0. The molecule has 1 rings (SSSR count). The number of hydrogen-bond donors (Lipinski definition) is 1. The average Bonchev–Trinajstić information content (AvgIpc) is 2.14. The molecule has 1 aromatic heterocycles. The molecule has 1 heterocycles. The first-order valence-corrected chi connectivity index (χ1v) is 3.86. The Balaban J connectivity index is 2.77. The molecule has 0 aliphatic rings. The third kappa shape index (κ3) is 1.59. The van der Waals surface area contributed by atoms with E-state index in [0.717, 1.165) is 3.57 Å². The second-order valence-electron chi connectivity index (χ2n) is 1.81. The predicted octanol–water partition coefficient (Wildman–Crippen LogP) is 1.04. The number of aromatic nitrogens is 2. The highest BCUT2D eigenvalue weighted by Gasteiger charge is 1.99. The largest absolute Gasteiger partial charge is 0.381 e. The Morgan fingerprint density at radius 3 is 2.90 bits per heavy atom. The van der Waals surface area contributed by atoms with Gasteiger partial charge in [0.15, 0.2) is 5.82 Å². The fourth-order valence-electron chi connectivity index (χ4n) is 0.613. The van der Waals surface area contributed by atoms with E-state index < -0.39 is 6.67 Å². The highest BCUT2D eigenvalue weighted by atomic mass is 127. The molecule has 2 N–H and O–H groups in total. The van der Waals surface area contributed by atoms with Gasteiger partial charge in [-0.2, -0.15) is 5.10 Å². The topological polar surface area (TPSA) is 43.8 Å². The van der Waals surface area contributed by atoms with Gasteiger partial charge in [-0.25, -0.2) is 4.39 Å². The molecule has 0 aliphatic carbocycles. The van der Waals surface area contributed by atoms with Crippen molar-refractivity contribution in [2.45, 2.75) is 6.54 Å². The number of aryl methyl sites for hydroxylation is 1. The molecule has 0 amide bonds. The molecule has 0 spiro atoms. The summed E-state index contributed by atoms with van der Waals surface area (Å²) in [5.74, 6) is 0.467. The molecule has 0 aliphatic heterocycles. The minimum atomic E-state index is -0.406. The Morgan fingerprint density at radius 1 is 1.80 bits per heavy atom. The van der Waals surface area contributed by atoms with Gasteiger partial charge < -0.3 is 5.73 Å². The lowest BCUT2D eigenvalue weighted by Crippen LogP contribution is -2.00. The maximum atomic E-state index is 11.7. The fourth-order valence-corrected chi connectivity index (χ4v) is 1.04. The molecule has 0 bridgehead atoms. The Hall–Kier alpha value is -0.330. The van der Waals surface area contributed by atoms with Crippen molar-refractivity contribution in [2.75, 3.05) is 12.4 Å². The Bertz CT molecular complexity index is 203. The quantitative estimate of drug-likeness (QED) is 0.802. The molecule has 0 atom stereocenters. The normalized spacial score (nSPS) is 10.2. The highest BCUT2D eigenvalue weighted by Crippen LogP contribution is 2.10. The SMILES string of the molecule is Nc1nn(CCF)cc1I. The van der Waals surface area contributed by atoms with Crippen molar-refractivity contribution in [1.29, 1.82) is 0 Å². The third-order valence-electron chi connectivity index (χ3n) is 1.06. The average molecular weight is 255 g/mol. The van der Waals surface area contributed by atoms with E-state index in [2.05, 4.69) is 27.7 Å². The van der Waals surface area contributed by atoms with Crippen LogP contribution in [0.3, 0.4) is 0 Å². The van der Waals surface area contributed by atoms with Crippen LogP contribution in [0.15, 0.2) is 6.20 Å². The van der Waals surface area contributed by atoms with Crippen molar-refractivity contribution in [3.05, 3.63) is 9.77 Å². The van der Waals surface area contributed by atoms with Crippen molar-refractivity contribution in [3.8, 4) is 0 Å². The van der Waals surface area contributed by atoms with Crippen LogP contribution in [-0.2, 0) is 6.54 Å². The number of nitrogens with two attached hydrogens (primary N) is 1. The van der Waals surface area contributed by atoms with Crippen LogP contribution < -0.4 is 5.73 Å². The maximum absolute atomic E-state index is 11.7. The van der Waals surface area contributed by atoms with E-state index in [1.54, 1.807) is 6.20 Å². The van der Waals surface area contributed by atoms with Gasteiger partial charge in [-0.05, 0) is 22.6 Å². The predicted molar refractivity (Wildman–Crippen MR) is 45.3 cm³/mol. The molecule has 56 valence electrons. The van der Waals surface area contributed by atoms with Crippen LogP contribution in [0, 0.1) is 3.57 Å². The van der Waals surface area contributed by atoms with E-state index in [9.17, 15) is 4.39 Å². The summed E-state index contributed by atoms with van der Waals surface area (Å²) in [5.41, 5.74) is 5.41. The lowest BCUT2D eigenvalue weighted by molar-refractivity contribution is 0.427. The van der Waals surface area contributed by atoms with Crippen molar-refractivity contribution in [1.82, 2.24) is 9.78 Å². The Kier molecular flexibility index (Phi) is 2.47. The van der Waals surface area contributed by atoms with Gasteiger partial charge in [0.1, 0.15) is 6.67 Å². The van der Waals surface area contributed by atoms with E-state index in [0.29, 0.717) is 5.82 Å². The van der Waals surface area contributed by atoms with Crippen molar-refractivity contribution < 1.29 is 4.39 Å². The van der Waals surface area contributed by atoms with Gasteiger partial charge in [0, 0.05) is 6.20 Å². The third-order valence-corrected chi connectivity index (χ3v) is 1.89. The second kappa shape index (κ2) is 3.18. The van der Waals surface area contributed by atoms with Gasteiger partial charge >= 0.3 is 0 Å². The first-order chi connectivity index (χ1) is 4.74. The van der Waals surface area contributed by atoms with Gasteiger partial charge in [-0.1, -0.05) is 0 Å². The summed E-state index contributed by atoms with van der Waals surface area (Å²) in [6.07, 6.45) is 1.72. The summed E-state index contributed by atoms with van der Waals surface area (Å²) < 4.78 is 14.1. The van der Waals surface area contributed by atoms with E-state index in [1.807, 2.05) is 0 Å². The zero-order valence-electron chi connectivity index (χ0n) is 5.22. The van der Waals surface area contributed by atoms with Crippen LogP contribution in [0.4, 0.5) is 10.2 Å². The first kappa shape index (κ1) is 7.77. The summed E-state index contributed by atoms with van der Waals surface area (Å²) in [6.45, 7) is -0.121. The molecule has 0 unspecified atom stereocenters. The van der Waals surface area contributed by atoms with E-state index in [1.165, 1.54) is 4.68 Å². The van der Waals surface area contributed by atoms with Gasteiger partial charge in [0.05, 0.1) is 10.1 Å². The first-order valence-electron chi connectivity index (χ1n) is 2.78. The zero-order chi connectivity index (χ0) is 7.56. The zero-order valence-corrected chi connectivity index (χ0v) is 7.38. The Morgan fingerprint density at radius 2 is 2.50 bits per heavy atom. The van der Waals surface area contributed by atoms with Crippen molar-refractivity contribution in [3.63, 3.8) is 0 Å². The second-order valence-corrected chi connectivity index (χ2v) is 2.98.